The number of thiazole rings is 1. The Hall–Kier alpha value is -1.09. The van der Waals surface area contributed by atoms with Crippen LogP contribution < -0.4 is 4.74 Å². The molecule has 0 saturated heterocycles. The third kappa shape index (κ3) is 1.12. The van der Waals surface area contributed by atoms with E-state index < -0.39 is 0 Å². The molecular weight excluding hydrogens is 194 g/mol. The molecule has 0 N–H and O–H groups in total. The molecule has 2 heterocycles. The van der Waals surface area contributed by atoms with E-state index in [1.807, 2.05) is 0 Å². The standard InChI is InChI=1S/C11H11NOS/c1-7-12-9-4-5-10-8(11(9)14-7)3-2-6-13-10/h4-5H,2-3,6H2,1H3. The van der Waals surface area contributed by atoms with Gasteiger partial charge in [0.15, 0.2) is 0 Å². The van der Waals surface area contributed by atoms with Gasteiger partial charge < -0.3 is 4.74 Å². The number of rotatable bonds is 0. The second-order valence-corrected chi connectivity index (χ2v) is 4.78. The maximum Gasteiger partial charge on any atom is 0.124 e. The van der Waals surface area contributed by atoms with Gasteiger partial charge in [-0.05, 0) is 31.9 Å². The van der Waals surface area contributed by atoms with Crippen molar-refractivity contribution in [2.75, 3.05) is 6.61 Å². The molecule has 0 spiro atoms. The van der Waals surface area contributed by atoms with Gasteiger partial charge in [0.1, 0.15) is 5.75 Å². The van der Waals surface area contributed by atoms with Crippen molar-refractivity contribution in [2.45, 2.75) is 19.8 Å². The number of hydrogen-bond donors (Lipinski definition) is 0. The molecule has 1 aromatic heterocycles. The van der Waals surface area contributed by atoms with Gasteiger partial charge in [0.2, 0.25) is 0 Å². The first kappa shape index (κ1) is 8.24. The van der Waals surface area contributed by atoms with E-state index in [0.29, 0.717) is 0 Å². The molecule has 0 saturated carbocycles. The lowest BCUT2D eigenvalue weighted by atomic mass is 10.1. The van der Waals surface area contributed by atoms with Crippen molar-refractivity contribution in [1.82, 2.24) is 4.98 Å². The number of nitrogens with zero attached hydrogens (tertiary/aromatic N) is 1. The van der Waals surface area contributed by atoms with Crippen LogP contribution in [0.5, 0.6) is 5.75 Å². The summed E-state index contributed by atoms with van der Waals surface area (Å²) < 4.78 is 6.94. The summed E-state index contributed by atoms with van der Waals surface area (Å²) >= 11 is 1.78. The molecule has 2 aromatic rings. The molecule has 72 valence electrons. The van der Waals surface area contributed by atoms with Crippen molar-refractivity contribution in [3.63, 3.8) is 0 Å². The van der Waals surface area contributed by atoms with Crippen LogP contribution in [0.3, 0.4) is 0 Å². The topological polar surface area (TPSA) is 22.1 Å². The average molecular weight is 205 g/mol. The van der Waals surface area contributed by atoms with Gasteiger partial charge in [-0.15, -0.1) is 11.3 Å². The summed E-state index contributed by atoms with van der Waals surface area (Å²) in [7, 11) is 0. The van der Waals surface area contributed by atoms with Gasteiger partial charge in [-0.25, -0.2) is 4.98 Å². The minimum atomic E-state index is 0.857. The molecule has 0 unspecified atom stereocenters. The van der Waals surface area contributed by atoms with Gasteiger partial charge in [-0.2, -0.15) is 0 Å². The molecule has 3 rings (SSSR count). The van der Waals surface area contributed by atoms with E-state index in [-0.39, 0.29) is 0 Å². The summed E-state index contributed by atoms with van der Waals surface area (Å²) in [4.78, 5) is 4.48. The van der Waals surface area contributed by atoms with Crippen LogP contribution >= 0.6 is 11.3 Å². The molecule has 1 aliphatic rings. The average Bonchev–Trinajstić information content (AvgIpc) is 2.59. The lowest BCUT2D eigenvalue weighted by Crippen LogP contribution is -2.07. The van der Waals surface area contributed by atoms with Crippen molar-refractivity contribution in [3.05, 3.63) is 22.7 Å². The summed E-state index contributed by atoms with van der Waals surface area (Å²) in [6.07, 6.45) is 2.26. The largest absolute Gasteiger partial charge is 0.493 e. The van der Waals surface area contributed by atoms with Crippen LogP contribution in [0.15, 0.2) is 12.1 Å². The van der Waals surface area contributed by atoms with Gasteiger partial charge in [-0.3, -0.25) is 0 Å². The molecule has 1 aromatic carbocycles. The highest BCUT2D eigenvalue weighted by Gasteiger charge is 2.15. The fraction of sp³-hybridized carbons (Fsp3) is 0.364. The van der Waals surface area contributed by atoms with Crippen LogP contribution in [0.2, 0.25) is 0 Å². The van der Waals surface area contributed by atoms with E-state index in [2.05, 4.69) is 24.0 Å². The third-order valence-electron chi connectivity index (χ3n) is 2.55. The Morgan fingerprint density at radius 3 is 3.29 bits per heavy atom. The van der Waals surface area contributed by atoms with Crippen LogP contribution in [0, 0.1) is 6.92 Å². The third-order valence-corrected chi connectivity index (χ3v) is 3.60. The number of hydrogen-bond acceptors (Lipinski definition) is 3. The Bertz CT molecular complexity index is 489. The van der Waals surface area contributed by atoms with Gasteiger partial charge >= 0.3 is 0 Å². The van der Waals surface area contributed by atoms with Crippen molar-refractivity contribution in [2.24, 2.45) is 0 Å². The summed E-state index contributed by atoms with van der Waals surface area (Å²) in [5.74, 6) is 1.06. The first-order valence-electron chi connectivity index (χ1n) is 4.86. The van der Waals surface area contributed by atoms with Crippen molar-refractivity contribution >= 4 is 21.6 Å². The summed E-state index contributed by atoms with van der Waals surface area (Å²) in [6, 6.07) is 4.11. The van der Waals surface area contributed by atoms with E-state index >= 15 is 0 Å². The van der Waals surface area contributed by atoms with Gasteiger partial charge in [0.05, 0.1) is 21.8 Å². The summed E-state index contributed by atoms with van der Waals surface area (Å²) in [6.45, 7) is 2.91. The normalized spacial score (nSPS) is 15.2. The van der Waals surface area contributed by atoms with E-state index in [9.17, 15) is 0 Å². The van der Waals surface area contributed by atoms with Crippen LogP contribution in [-0.4, -0.2) is 11.6 Å². The number of ether oxygens (including phenoxy) is 1. The second-order valence-electron chi connectivity index (χ2n) is 3.58. The van der Waals surface area contributed by atoms with Crippen LogP contribution in [-0.2, 0) is 6.42 Å². The predicted octanol–water partition coefficient (Wildman–Crippen LogP) is 2.93. The van der Waals surface area contributed by atoms with Gasteiger partial charge in [0, 0.05) is 5.56 Å². The predicted molar refractivity (Wildman–Crippen MR) is 58.2 cm³/mol. The number of aryl methyl sites for hydroxylation is 2. The highest BCUT2D eigenvalue weighted by atomic mass is 32.1. The maximum atomic E-state index is 5.62. The highest BCUT2D eigenvalue weighted by molar-refractivity contribution is 7.18. The zero-order valence-electron chi connectivity index (χ0n) is 8.04. The monoisotopic (exact) mass is 205 g/mol. The molecule has 0 atom stereocenters. The fourth-order valence-corrected chi connectivity index (χ4v) is 2.93. The number of aromatic nitrogens is 1. The smallest absolute Gasteiger partial charge is 0.124 e. The summed E-state index contributed by atoms with van der Waals surface area (Å²) in [5.41, 5.74) is 2.48. The molecule has 0 fully saturated rings. The molecule has 3 heteroatoms. The minimum absolute atomic E-state index is 0.857. The molecule has 1 aliphatic heterocycles. The van der Waals surface area contributed by atoms with Gasteiger partial charge in [0.25, 0.3) is 0 Å². The Balaban J connectivity index is 2.33. The minimum Gasteiger partial charge on any atom is -0.493 e. The Labute approximate surface area is 86.5 Å². The molecule has 0 radical (unpaired) electrons. The van der Waals surface area contributed by atoms with Gasteiger partial charge in [-0.1, -0.05) is 0 Å². The molecule has 0 aliphatic carbocycles. The zero-order chi connectivity index (χ0) is 9.54. The molecule has 0 amide bonds. The SMILES string of the molecule is Cc1nc2ccc3c(c2s1)CCCO3. The van der Waals surface area contributed by atoms with E-state index in [1.54, 1.807) is 11.3 Å². The summed E-state index contributed by atoms with van der Waals surface area (Å²) in [5, 5.41) is 1.14. The maximum absolute atomic E-state index is 5.62. The first-order valence-corrected chi connectivity index (χ1v) is 5.68. The van der Waals surface area contributed by atoms with Crippen LogP contribution in [0.4, 0.5) is 0 Å². The van der Waals surface area contributed by atoms with E-state index in [4.69, 9.17) is 4.74 Å². The zero-order valence-corrected chi connectivity index (χ0v) is 8.86. The Kier molecular flexibility index (Phi) is 1.74. The fourth-order valence-electron chi connectivity index (χ4n) is 1.94. The molecular formula is C11H11NOS. The quantitative estimate of drug-likeness (QED) is 0.659. The lowest BCUT2D eigenvalue weighted by Gasteiger charge is -2.16. The molecule has 2 nitrogen and oxygen atoms in total. The number of benzene rings is 1. The van der Waals surface area contributed by atoms with Crippen molar-refractivity contribution in [1.29, 1.82) is 0 Å². The van der Waals surface area contributed by atoms with Crippen LogP contribution in [0.1, 0.15) is 17.0 Å². The second kappa shape index (κ2) is 2.95. The van der Waals surface area contributed by atoms with Crippen molar-refractivity contribution in [3.8, 4) is 5.75 Å². The molecule has 14 heavy (non-hydrogen) atoms. The number of fused-ring (bicyclic) bond motifs is 3. The van der Waals surface area contributed by atoms with Crippen LogP contribution in [0.25, 0.3) is 10.2 Å². The molecule has 0 bridgehead atoms. The highest BCUT2D eigenvalue weighted by Crippen LogP contribution is 2.34. The Morgan fingerprint density at radius 2 is 2.36 bits per heavy atom. The van der Waals surface area contributed by atoms with Crippen molar-refractivity contribution < 1.29 is 4.74 Å². The van der Waals surface area contributed by atoms with E-state index in [0.717, 1.165) is 35.7 Å². The Morgan fingerprint density at radius 1 is 1.43 bits per heavy atom. The van der Waals surface area contributed by atoms with E-state index in [1.165, 1.54) is 10.3 Å². The first-order chi connectivity index (χ1) is 6.84. The lowest BCUT2D eigenvalue weighted by molar-refractivity contribution is 0.289.